The summed E-state index contributed by atoms with van der Waals surface area (Å²) in [6, 6.07) is 1.67. The van der Waals surface area contributed by atoms with Crippen molar-refractivity contribution in [1.82, 2.24) is 4.98 Å². The molecule has 5 heteroatoms. The largest absolute Gasteiger partial charge is 0.389 e. The number of hydrogen-bond acceptors (Lipinski definition) is 5. The van der Waals surface area contributed by atoms with Crippen LogP contribution in [-0.4, -0.2) is 32.2 Å². The van der Waals surface area contributed by atoms with E-state index in [0.717, 1.165) is 17.3 Å². The van der Waals surface area contributed by atoms with E-state index in [4.69, 9.17) is 0 Å². The van der Waals surface area contributed by atoms with Crippen molar-refractivity contribution in [2.45, 2.75) is 26.1 Å². The van der Waals surface area contributed by atoms with Gasteiger partial charge in [-0.05, 0) is 24.1 Å². The highest BCUT2D eigenvalue weighted by Gasteiger charge is 2.20. The van der Waals surface area contributed by atoms with Gasteiger partial charge in [0.05, 0.1) is 6.10 Å². The van der Waals surface area contributed by atoms with Gasteiger partial charge in [0.2, 0.25) is 0 Å². The number of pyridine rings is 1. The van der Waals surface area contributed by atoms with Gasteiger partial charge in [-0.2, -0.15) is 0 Å². The Morgan fingerprint density at radius 2 is 2.25 bits per heavy atom. The number of aromatic nitrogens is 1. The Morgan fingerprint density at radius 1 is 1.56 bits per heavy atom. The summed E-state index contributed by atoms with van der Waals surface area (Å²) in [5.41, 5.74) is 1.47. The Labute approximate surface area is 98.7 Å². The molecule has 0 aliphatic carbocycles. The van der Waals surface area contributed by atoms with E-state index in [1.165, 1.54) is 6.92 Å². The van der Waals surface area contributed by atoms with E-state index < -0.39 is 12.2 Å². The van der Waals surface area contributed by atoms with E-state index >= 15 is 0 Å². The first-order valence-corrected chi connectivity index (χ1v) is 5.91. The maximum absolute atomic E-state index is 10.7. The van der Waals surface area contributed by atoms with Crippen molar-refractivity contribution < 1.29 is 15.0 Å². The van der Waals surface area contributed by atoms with Crippen molar-refractivity contribution >= 4 is 16.9 Å². The highest BCUT2D eigenvalue weighted by molar-refractivity contribution is 8.13. The lowest BCUT2D eigenvalue weighted by Gasteiger charge is -2.18. The molecule has 0 aromatic carbocycles. The van der Waals surface area contributed by atoms with Crippen molar-refractivity contribution in [3.05, 3.63) is 29.6 Å². The number of hydrogen-bond donors (Lipinski definition) is 2. The molecule has 4 nitrogen and oxygen atoms in total. The molecule has 1 aromatic heterocycles. The molecule has 1 rings (SSSR count). The summed E-state index contributed by atoms with van der Waals surface area (Å²) in [5.74, 6) is 0.193. The molecule has 0 saturated heterocycles. The van der Waals surface area contributed by atoms with Gasteiger partial charge in [0.15, 0.2) is 5.12 Å². The number of nitrogens with zero attached hydrogens (tertiary/aromatic N) is 1. The second-order valence-electron chi connectivity index (χ2n) is 3.55. The molecule has 2 unspecified atom stereocenters. The van der Waals surface area contributed by atoms with E-state index in [9.17, 15) is 15.0 Å². The predicted octanol–water partition coefficient (Wildman–Crippen LogP) is 1.06. The molecule has 88 valence electrons. The number of thioether (sulfide) groups is 1. The minimum absolute atomic E-state index is 0.0716. The van der Waals surface area contributed by atoms with E-state index in [-0.39, 0.29) is 10.9 Å². The second kappa shape index (κ2) is 5.98. The molecule has 1 heterocycles. The van der Waals surface area contributed by atoms with Gasteiger partial charge in [-0.3, -0.25) is 9.78 Å². The normalized spacial score (nSPS) is 14.5. The molecule has 0 radical (unpaired) electrons. The zero-order chi connectivity index (χ0) is 12.1. The molecular formula is C11H15NO3S. The molecule has 2 N–H and O–H groups in total. The van der Waals surface area contributed by atoms with Crippen LogP contribution < -0.4 is 0 Å². The maximum Gasteiger partial charge on any atom is 0.185 e. The van der Waals surface area contributed by atoms with Crippen LogP contribution in [0.15, 0.2) is 18.5 Å². The number of aliphatic hydroxyl groups is 2. The minimum Gasteiger partial charge on any atom is -0.389 e. The standard InChI is InChI=1S/C11H15NO3S/c1-7-5-12-4-3-9(7)11(15)10(14)6-16-8(2)13/h3-5,10-11,14-15H,6H2,1-2H3. The van der Waals surface area contributed by atoms with Crippen LogP contribution in [0.3, 0.4) is 0 Å². The number of aryl methyl sites for hydroxylation is 1. The number of aliphatic hydroxyl groups excluding tert-OH is 2. The molecule has 0 fully saturated rings. The van der Waals surface area contributed by atoms with E-state index in [1.54, 1.807) is 18.5 Å². The van der Waals surface area contributed by atoms with Gasteiger partial charge in [-0.15, -0.1) is 0 Å². The van der Waals surface area contributed by atoms with Crippen LogP contribution in [-0.2, 0) is 4.79 Å². The van der Waals surface area contributed by atoms with Crippen LogP contribution >= 0.6 is 11.8 Å². The minimum atomic E-state index is -0.977. The van der Waals surface area contributed by atoms with Crippen molar-refractivity contribution in [3.8, 4) is 0 Å². The molecule has 16 heavy (non-hydrogen) atoms. The van der Waals surface area contributed by atoms with Gasteiger partial charge in [-0.1, -0.05) is 11.8 Å². The molecule has 0 saturated carbocycles. The van der Waals surface area contributed by atoms with Crippen molar-refractivity contribution in [2.75, 3.05) is 5.75 Å². The Morgan fingerprint density at radius 3 is 2.81 bits per heavy atom. The average molecular weight is 241 g/mol. The molecule has 0 amide bonds. The third-order valence-corrected chi connectivity index (χ3v) is 3.12. The van der Waals surface area contributed by atoms with E-state index in [2.05, 4.69) is 4.98 Å². The summed E-state index contributed by atoms with van der Waals surface area (Å²) in [7, 11) is 0. The number of carbonyl (C=O) groups excluding carboxylic acids is 1. The van der Waals surface area contributed by atoms with E-state index in [1.807, 2.05) is 6.92 Å². The fraction of sp³-hybridized carbons (Fsp3) is 0.455. The Balaban J connectivity index is 2.66. The summed E-state index contributed by atoms with van der Waals surface area (Å²) in [6.07, 6.45) is 1.27. The molecule has 0 aliphatic heterocycles. The first-order chi connectivity index (χ1) is 7.52. The third kappa shape index (κ3) is 3.59. The van der Waals surface area contributed by atoms with Crippen LogP contribution in [0.25, 0.3) is 0 Å². The van der Waals surface area contributed by atoms with Gasteiger partial charge in [0, 0.05) is 25.1 Å². The van der Waals surface area contributed by atoms with Crippen LogP contribution in [0.2, 0.25) is 0 Å². The summed E-state index contributed by atoms with van der Waals surface area (Å²) in [5, 5.41) is 19.5. The van der Waals surface area contributed by atoms with Crippen LogP contribution in [0.5, 0.6) is 0 Å². The van der Waals surface area contributed by atoms with Crippen LogP contribution in [0.1, 0.15) is 24.2 Å². The highest BCUT2D eigenvalue weighted by Crippen LogP contribution is 2.22. The lowest BCUT2D eigenvalue weighted by atomic mass is 10.0. The van der Waals surface area contributed by atoms with Gasteiger partial charge in [0.25, 0.3) is 0 Å². The molecule has 0 bridgehead atoms. The van der Waals surface area contributed by atoms with E-state index in [0.29, 0.717) is 5.56 Å². The Hall–Kier alpha value is -0.910. The molecule has 0 spiro atoms. The smallest absolute Gasteiger partial charge is 0.185 e. The third-order valence-electron chi connectivity index (χ3n) is 2.20. The van der Waals surface area contributed by atoms with Crippen molar-refractivity contribution in [2.24, 2.45) is 0 Å². The maximum atomic E-state index is 10.7. The topological polar surface area (TPSA) is 70.4 Å². The summed E-state index contributed by atoms with van der Waals surface area (Å²) < 4.78 is 0. The quantitative estimate of drug-likeness (QED) is 0.825. The average Bonchev–Trinajstić information content (AvgIpc) is 2.25. The first kappa shape index (κ1) is 13.2. The number of rotatable bonds is 4. The fourth-order valence-corrected chi connectivity index (χ4v) is 1.90. The van der Waals surface area contributed by atoms with Crippen molar-refractivity contribution in [3.63, 3.8) is 0 Å². The zero-order valence-corrected chi connectivity index (χ0v) is 10.1. The Bertz CT molecular complexity index is 370. The summed E-state index contributed by atoms with van der Waals surface area (Å²) in [4.78, 5) is 14.6. The zero-order valence-electron chi connectivity index (χ0n) is 9.25. The molecule has 0 aliphatic rings. The molecular weight excluding hydrogens is 226 g/mol. The van der Waals surface area contributed by atoms with Crippen LogP contribution in [0.4, 0.5) is 0 Å². The summed E-state index contributed by atoms with van der Waals surface area (Å²) in [6.45, 7) is 3.25. The second-order valence-corrected chi connectivity index (χ2v) is 4.74. The van der Waals surface area contributed by atoms with Gasteiger partial charge in [0.1, 0.15) is 6.10 Å². The van der Waals surface area contributed by atoms with Gasteiger partial charge < -0.3 is 10.2 Å². The van der Waals surface area contributed by atoms with Gasteiger partial charge >= 0.3 is 0 Å². The SMILES string of the molecule is CC(=O)SCC(O)C(O)c1ccncc1C. The fourth-order valence-electron chi connectivity index (χ4n) is 1.32. The van der Waals surface area contributed by atoms with Gasteiger partial charge in [-0.25, -0.2) is 0 Å². The molecule has 2 atom stereocenters. The first-order valence-electron chi connectivity index (χ1n) is 4.92. The summed E-state index contributed by atoms with van der Waals surface area (Å²) >= 11 is 1.00. The van der Waals surface area contributed by atoms with Crippen molar-refractivity contribution in [1.29, 1.82) is 0 Å². The number of carbonyl (C=O) groups is 1. The van der Waals surface area contributed by atoms with Crippen LogP contribution in [0, 0.1) is 6.92 Å². The highest BCUT2D eigenvalue weighted by atomic mass is 32.2. The molecule has 1 aromatic rings. The monoisotopic (exact) mass is 241 g/mol. The predicted molar refractivity (Wildman–Crippen MR) is 63.1 cm³/mol. The lowest BCUT2D eigenvalue weighted by Crippen LogP contribution is -2.22. The Kier molecular flexibility index (Phi) is 4.92. The lowest BCUT2D eigenvalue weighted by molar-refractivity contribution is -0.109.